The molecule has 1 N–H and O–H groups in total. The highest BCUT2D eigenvalue weighted by Crippen LogP contribution is 2.32. The molecule has 0 aromatic heterocycles. The second-order valence-corrected chi connectivity index (χ2v) is 8.52. The van der Waals surface area contributed by atoms with Gasteiger partial charge in [-0.2, -0.15) is 0 Å². The Balaban J connectivity index is 0.00000129. The molecule has 1 fully saturated rings. The molecule has 1 aromatic carbocycles. The highest BCUT2D eigenvalue weighted by Gasteiger charge is 2.33. The van der Waals surface area contributed by atoms with E-state index in [-0.39, 0.29) is 50.5 Å². The van der Waals surface area contributed by atoms with Gasteiger partial charge in [-0.1, -0.05) is 6.07 Å². The standard InChI is InChI=1S/C22H32N4O5.CH2O2/c1-16-5-6-19-18(11-16)26(21(28)15-31-19)13-20(27)25-9-10-30-14-17(12-25)22(29)24(4)8-7-23(2)3;2-1-3/h5-6,11,17H,7-10,12-15H2,1-4H3;1H,(H,2,3). The fourth-order valence-electron chi connectivity index (χ4n) is 3.68. The lowest BCUT2D eigenvalue weighted by molar-refractivity contribution is -0.138. The molecule has 1 saturated heterocycles. The van der Waals surface area contributed by atoms with Crippen LogP contribution in [-0.4, -0.2) is 118 Å². The Morgan fingerprint density at radius 2 is 1.94 bits per heavy atom. The Kier molecular flexibility index (Phi) is 10.3. The second-order valence-electron chi connectivity index (χ2n) is 8.52. The van der Waals surface area contributed by atoms with Crippen LogP contribution in [0.3, 0.4) is 0 Å². The number of fused-ring (bicyclic) bond motifs is 1. The smallest absolute Gasteiger partial charge is 0.290 e. The number of rotatable bonds is 6. The summed E-state index contributed by atoms with van der Waals surface area (Å²) < 4.78 is 11.1. The number of nitrogens with zero attached hydrogens (tertiary/aromatic N) is 4. The lowest BCUT2D eigenvalue weighted by atomic mass is 10.1. The minimum absolute atomic E-state index is 0.0371. The fraction of sp³-hybridized carbons (Fsp3) is 0.565. The molecule has 0 aliphatic carbocycles. The van der Waals surface area contributed by atoms with Crippen LogP contribution >= 0.6 is 0 Å². The van der Waals surface area contributed by atoms with Crippen molar-refractivity contribution in [3.05, 3.63) is 23.8 Å². The van der Waals surface area contributed by atoms with Crippen LogP contribution in [0, 0.1) is 12.8 Å². The molecule has 1 unspecified atom stereocenters. The third kappa shape index (κ3) is 7.42. The number of carboxylic acid groups (broad SMARTS) is 1. The molecule has 3 amide bonds. The largest absolute Gasteiger partial charge is 0.483 e. The normalized spacial score (nSPS) is 17.7. The maximum Gasteiger partial charge on any atom is 0.290 e. The Bertz CT molecular complexity index is 877. The summed E-state index contributed by atoms with van der Waals surface area (Å²) in [7, 11) is 5.69. The first-order valence-electron chi connectivity index (χ1n) is 11.0. The number of amides is 3. The van der Waals surface area contributed by atoms with Crippen LogP contribution in [0.15, 0.2) is 18.2 Å². The maximum atomic E-state index is 13.1. The van der Waals surface area contributed by atoms with E-state index in [1.54, 1.807) is 16.8 Å². The van der Waals surface area contributed by atoms with E-state index in [4.69, 9.17) is 19.4 Å². The lowest BCUT2D eigenvalue weighted by Gasteiger charge is -2.32. The van der Waals surface area contributed by atoms with Crippen LogP contribution in [0.4, 0.5) is 5.69 Å². The fourth-order valence-corrected chi connectivity index (χ4v) is 3.68. The molecular formula is C23H34N4O7. The first kappa shape index (κ1) is 27.1. The van der Waals surface area contributed by atoms with E-state index in [0.29, 0.717) is 31.1 Å². The average Bonchev–Trinajstić information content (AvgIpc) is 3.06. The summed E-state index contributed by atoms with van der Waals surface area (Å²) in [4.78, 5) is 53.7. The van der Waals surface area contributed by atoms with Crippen LogP contribution in [0.2, 0.25) is 0 Å². The topological polar surface area (TPSA) is 120 Å². The van der Waals surface area contributed by atoms with Gasteiger partial charge in [0.05, 0.1) is 24.8 Å². The van der Waals surface area contributed by atoms with Gasteiger partial charge in [0.1, 0.15) is 12.3 Å². The van der Waals surface area contributed by atoms with Gasteiger partial charge in [0.15, 0.2) is 6.61 Å². The highest BCUT2D eigenvalue weighted by molar-refractivity contribution is 6.02. The van der Waals surface area contributed by atoms with Gasteiger partial charge in [-0.25, -0.2) is 0 Å². The van der Waals surface area contributed by atoms with Crippen molar-refractivity contribution >= 4 is 29.9 Å². The predicted molar refractivity (Wildman–Crippen MR) is 125 cm³/mol. The van der Waals surface area contributed by atoms with E-state index in [2.05, 4.69) is 0 Å². The molecule has 0 bridgehead atoms. The van der Waals surface area contributed by atoms with E-state index >= 15 is 0 Å². The molecule has 34 heavy (non-hydrogen) atoms. The number of anilines is 1. The zero-order valence-corrected chi connectivity index (χ0v) is 20.2. The number of carbonyl (C=O) groups excluding carboxylic acids is 3. The van der Waals surface area contributed by atoms with Crippen LogP contribution in [0.25, 0.3) is 0 Å². The van der Waals surface area contributed by atoms with Crippen molar-refractivity contribution in [2.45, 2.75) is 6.92 Å². The van der Waals surface area contributed by atoms with E-state index in [0.717, 1.165) is 12.1 Å². The molecule has 2 aliphatic rings. The Labute approximate surface area is 199 Å². The van der Waals surface area contributed by atoms with Gasteiger partial charge in [0, 0.05) is 33.2 Å². The third-order valence-electron chi connectivity index (χ3n) is 5.58. The second kappa shape index (κ2) is 12.9. The number of ether oxygens (including phenoxy) is 2. The zero-order valence-electron chi connectivity index (χ0n) is 20.2. The molecule has 2 aliphatic heterocycles. The lowest BCUT2D eigenvalue weighted by Crippen LogP contribution is -2.49. The monoisotopic (exact) mass is 478 g/mol. The molecule has 3 rings (SSSR count). The number of hydrogen-bond donors (Lipinski definition) is 1. The Morgan fingerprint density at radius 3 is 2.62 bits per heavy atom. The van der Waals surface area contributed by atoms with E-state index in [1.807, 2.05) is 44.1 Å². The Morgan fingerprint density at radius 1 is 1.24 bits per heavy atom. The molecule has 1 aromatic rings. The average molecular weight is 479 g/mol. The van der Waals surface area contributed by atoms with Crippen LogP contribution in [-0.2, 0) is 23.9 Å². The summed E-state index contributed by atoms with van der Waals surface area (Å²) in [6.45, 7) is 4.18. The van der Waals surface area contributed by atoms with Crippen molar-refractivity contribution in [3.8, 4) is 5.75 Å². The highest BCUT2D eigenvalue weighted by atomic mass is 16.5. The predicted octanol–water partition coefficient (Wildman–Crippen LogP) is -0.0838. The number of carbonyl (C=O) groups is 4. The first-order chi connectivity index (χ1) is 16.2. The van der Waals surface area contributed by atoms with Crippen molar-refractivity contribution < 1.29 is 33.8 Å². The summed E-state index contributed by atoms with van der Waals surface area (Å²) in [5.74, 6) is -0.332. The SMILES string of the molecule is Cc1ccc2c(c1)N(CC(=O)N1CCOCC(C(=O)N(C)CCN(C)C)C1)C(=O)CO2.O=CO. The third-order valence-corrected chi connectivity index (χ3v) is 5.58. The zero-order chi connectivity index (χ0) is 25.3. The Hall–Kier alpha value is -3.18. The van der Waals surface area contributed by atoms with Crippen molar-refractivity contribution in [1.82, 2.24) is 14.7 Å². The van der Waals surface area contributed by atoms with Gasteiger partial charge in [-0.15, -0.1) is 0 Å². The summed E-state index contributed by atoms with van der Waals surface area (Å²) in [5.41, 5.74) is 1.58. The van der Waals surface area contributed by atoms with Gasteiger partial charge in [-0.05, 0) is 38.7 Å². The number of hydrogen-bond acceptors (Lipinski definition) is 7. The number of likely N-dealkylation sites (N-methyl/N-ethyl adjacent to an activating group) is 2. The van der Waals surface area contributed by atoms with Crippen molar-refractivity contribution in [3.63, 3.8) is 0 Å². The summed E-state index contributed by atoms with van der Waals surface area (Å²) in [6.07, 6.45) is 0. The minimum Gasteiger partial charge on any atom is -0.483 e. The summed E-state index contributed by atoms with van der Waals surface area (Å²) in [6, 6.07) is 5.56. The number of aryl methyl sites for hydroxylation is 1. The summed E-state index contributed by atoms with van der Waals surface area (Å²) in [5, 5.41) is 6.89. The molecule has 2 heterocycles. The van der Waals surface area contributed by atoms with Crippen LogP contribution in [0.1, 0.15) is 5.56 Å². The van der Waals surface area contributed by atoms with E-state index < -0.39 is 5.92 Å². The van der Waals surface area contributed by atoms with Gasteiger partial charge >= 0.3 is 0 Å². The maximum absolute atomic E-state index is 13.1. The van der Waals surface area contributed by atoms with Gasteiger partial charge < -0.3 is 29.3 Å². The molecule has 188 valence electrons. The number of benzene rings is 1. The molecule has 0 radical (unpaired) electrons. The molecule has 11 nitrogen and oxygen atoms in total. The van der Waals surface area contributed by atoms with E-state index in [9.17, 15) is 14.4 Å². The van der Waals surface area contributed by atoms with Crippen molar-refractivity contribution in [1.29, 1.82) is 0 Å². The van der Waals surface area contributed by atoms with Crippen molar-refractivity contribution in [2.75, 3.05) is 78.6 Å². The minimum atomic E-state index is -0.423. The molecule has 1 atom stereocenters. The summed E-state index contributed by atoms with van der Waals surface area (Å²) >= 11 is 0. The van der Waals surface area contributed by atoms with Crippen LogP contribution < -0.4 is 9.64 Å². The van der Waals surface area contributed by atoms with Gasteiger partial charge in [0.2, 0.25) is 11.8 Å². The van der Waals surface area contributed by atoms with Crippen LogP contribution in [0.5, 0.6) is 5.75 Å². The molecular weight excluding hydrogens is 444 g/mol. The molecule has 11 heteroatoms. The first-order valence-corrected chi connectivity index (χ1v) is 11.0. The molecule has 0 saturated carbocycles. The quantitative estimate of drug-likeness (QED) is 0.564. The van der Waals surface area contributed by atoms with Crippen molar-refractivity contribution in [2.24, 2.45) is 5.92 Å². The molecule has 0 spiro atoms. The van der Waals surface area contributed by atoms with Gasteiger partial charge in [0.25, 0.3) is 12.4 Å². The van der Waals surface area contributed by atoms with Gasteiger partial charge in [-0.3, -0.25) is 24.1 Å². The van der Waals surface area contributed by atoms with E-state index in [1.165, 1.54) is 4.90 Å².